The Morgan fingerprint density at radius 1 is 1.23 bits per heavy atom. The number of carbonyl (C=O) groups excluding carboxylic acids is 3. The number of rotatable bonds is 6. The summed E-state index contributed by atoms with van der Waals surface area (Å²) in [6, 6.07) is -1.25. The van der Waals surface area contributed by atoms with Gasteiger partial charge in [0.25, 0.3) is 5.09 Å². The first-order valence-electron chi connectivity index (χ1n) is 9.74. The van der Waals surface area contributed by atoms with E-state index < -0.39 is 59.0 Å². The predicted molar refractivity (Wildman–Crippen MR) is 105 cm³/mol. The van der Waals surface area contributed by atoms with Crippen molar-refractivity contribution in [3.05, 3.63) is 10.1 Å². The fourth-order valence-electron chi connectivity index (χ4n) is 3.49. The molecule has 0 spiro atoms. The molecule has 3 saturated heterocycles. The second kappa shape index (κ2) is 9.44. The summed E-state index contributed by atoms with van der Waals surface area (Å²) in [5, 5.41) is 14.9. The van der Waals surface area contributed by atoms with E-state index in [0.717, 1.165) is 0 Å². The summed E-state index contributed by atoms with van der Waals surface area (Å²) in [5.74, 6) is -0.201. The zero-order valence-corrected chi connectivity index (χ0v) is 18.2. The highest BCUT2D eigenvalue weighted by Gasteiger charge is 2.50. The molecule has 0 unspecified atom stereocenters. The highest BCUT2D eigenvalue weighted by Crippen LogP contribution is 2.29. The monoisotopic (exact) mass is 462 g/mol. The highest BCUT2D eigenvalue weighted by atomic mass is 32.2. The summed E-state index contributed by atoms with van der Waals surface area (Å²) < 4.78 is 16.3. The average Bonchev–Trinajstić information content (AvgIpc) is 3.36. The molecule has 3 rings (SSSR count). The highest BCUT2D eigenvalue weighted by molar-refractivity contribution is 7.99. The van der Waals surface area contributed by atoms with Crippen LogP contribution in [0.5, 0.6) is 0 Å². The molecule has 14 heteroatoms. The maximum atomic E-state index is 12.5. The Bertz CT molecular complexity index is 731. The van der Waals surface area contributed by atoms with Crippen molar-refractivity contribution in [3.8, 4) is 0 Å². The molecule has 0 aromatic carbocycles. The van der Waals surface area contributed by atoms with E-state index in [-0.39, 0.29) is 19.8 Å². The standard InChI is InChI=1S/C17H26N4O9S/c1-17(2,3)29-16(24)20-8-31-7-10(20)15(23)18-4-12(22)19-9-5-27-14-11(30-21(25)26)6-28-13(9)14/h9-11,13-14H,4-8H2,1-3H3,(H,18,23)(H,19,22)/t9-,10-,11-,13+,14+/m0/s1. The smallest absolute Gasteiger partial charge is 0.411 e. The number of nitrogens with one attached hydrogen (secondary N) is 2. The van der Waals surface area contributed by atoms with Gasteiger partial charge in [-0.15, -0.1) is 21.9 Å². The number of carbonyl (C=O) groups is 3. The minimum Gasteiger partial charge on any atom is -0.444 e. The van der Waals surface area contributed by atoms with Gasteiger partial charge in [0, 0.05) is 5.75 Å². The molecular weight excluding hydrogens is 436 g/mol. The van der Waals surface area contributed by atoms with Crippen LogP contribution in [-0.2, 0) is 28.6 Å². The van der Waals surface area contributed by atoms with Gasteiger partial charge in [-0.25, -0.2) is 4.79 Å². The van der Waals surface area contributed by atoms with Gasteiger partial charge >= 0.3 is 6.09 Å². The normalized spacial score (nSPS) is 29.9. The van der Waals surface area contributed by atoms with Gasteiger partial charge in [-0.2, -0.15) is 0 Å². The van der Waals surface area contributed by atoms with E-state index in [4.69, 9.17) is 14.2 Å². The second-order valence-corrected chi connectivity index (χ2v) is 9.32. The van der Waals surface area contributed by atoms with Gasteiger partial charge in [-0.3, -0.25) is 14.5 Å². The molecule has 31 heavy (non-hydrogen) atoms. The number of thioether (sulfide) groups is 1. The molecule has 3 amide bonds. The number of amides is 3. The van der Waals surface area contributed by atoms with Crippen LogP contribution in [0.4, 0.5) is 4.79 Å². The van der Waals surface area contributed by atoms with E-state index in [1.165, 1.54) is 16.7 Å². The molecule has 3 heterocycles. The number of nitrogens with zero attached hydrogens (tertiary/aromatic N) is 2. The Balaban J connectivity index is 1.45. The Hall–Kier alpha value is -2.32. The number of hydrogen-bond donors (Lipinski definition) is 2. The molecule has 5 atom stereocenters. The van der Waals surface area contributed by atoms with Gasteiger partial charge in [0.1, 0.15) is 23.9 Å². The maximum Gasteiger partial charge on any atom is 0.411 e. The molecular formula is C17H26N4O9S. The third kappa shape index (κ3) is 5.89. The third-order valence-electron chi connectivity index (χ3n) is 4.81. The summed E-state index contributed by atoms with van der Waals surface area (Å²) in [4.78, 5) is 53.5. The lowest BCUT2D eigenvalue weighted by atomic mass is 10.1. The first-order valence-corrected chi connectivity index (χ1v) is 10.9. The molecule has 3 aliphatic heterocycles. The third-order valence-corrected chi connectivity index (χ3v) is 5.82. The van der Waals surface area contributed by atoms with Crippen molar-refractivity contribution in [2.24, 2.45) is 0 Å². The minimum absolute atomic E-state index is 0.0146. The molecule has 0 aromatic rings. The van der Waals surface area contributed by atoms with Crippen molar-refractivity contribution in [2.45, 2.75) is 56.8 Å². The van der Waals surface area contributed by atoms with Gasteiger partial charge in [-0.05, 0) is 20.8 Å². The van der Waals surface area contributed by atoms with E-state index in [0.29, 0.717) is 11.6 Å². The van der Waals surface area contributed by atoms with Crippen LogP contribution in [0.3, 0.4) is 0 Å². The van der Waals surface area contributed by atoms with E-state index >= 15 is 0 Å². The van der Waals surface area contributed by atoms with E-state index in [9.17, 15) is 24.5 Å². The van der Waals surface area contributed by atoms with Crippen LogP contribution < -0.4 is 10.6 Å². The second-order valence-electron chi connectivity index (χ2n) is 8.32. The van der Waals surface area contributed by atoms with Crippen LogP contribution in [0.2, 0.25) is 0 Å². The first kappa shape index (κ1) is 23.3. The summed E-state index contributed by atoms with van der Waals surface area (Å²) in [6.45, 7) is 5.02. The Morgan fingerprint density at radius 2 is 1.94 bits per heavy atom. The Morgan fingerprint density at radius 3 is 2.61 bits per heavy atom. The van der Waals surface area contributed by atoms with Gasteiger partial charge in [0.2, 0.25) is 11.8 Å². The molecule has 2 N–H and O–H groups in total. The molecule has 0 bridgehead atoms. The van der Waals surface area contributed by atoms with Crippen LogP contribution in [0.15, 0.2) is 0 Å². The van der Waals surface area contributed by atoms with Crippen molar-refractivity contribution < 1.29 is 38.5 Å². The van der Waals surface area contributed by atoms with Crippen molar-refractivity contribution in [3.63, 3.8) is 0 Å². The molecule has 13 nitrogen and oxygen atoms in total. The van der Waals surface area contributed by atoms with Gasteiger partial charge in [-0.1, -0.05) is 0 Å². The van der Waals surface area contributed by atoms with Crippen molar-refractivity contribution in [1.29, 1.82) is 0 Å². The van der Waals surface area contributed by atoms with Gasteiger partial charge < -0.3 is 29.7 Å². The Kier molecular flexibility index (Phi) is 7.11. The van der Waals surface area contributed by atoms with Crippen molar-refractivity contribution in [1.82, 2.24) is 15.5 Å². The van der Waals surface area contributed by atoms with E-state index in [2.05, 4.69) is 15.5 Å². The molecule has 3 aliphatic rings. The maximum absolute atomic E-state index is 12.5. The van der Waals surface area contributed by atoms with E-state index in [1.54, 1.807) is 20.8 Å². The zero-order chi connectivity index (χ0) is 22.8. The molecule has 174 valence electrons. The van der Waals surface area contributed by atoms with E-state index in [1.807, 2.05) is 0 Å². The largest absolute Gasteiger partial charge is 0.444 e. The minimum atomic E-state index is -0.900. The summed E-state index contributed by atoms with van der Waals surface area (Å²) in [7, 11) is 0. The quantitative estimate of drug-likeness (QED) is 0.381. The molecule has 0 saturated carbocycles. The average molecular weight is 462 g/mol. The molecule has 0 aliphatic carbocycles. The SMILES string of the molecule is CC(C)(C)OC(=O)N1CSC[C@H]1C(=O)NCC(=O)N[C@H]1CO[C@H]2[C@@H]1OC[C@@H]2O[N+](=O)[O-]. The van der Waals surface area contributed by atoms with Crippen LogP contribution in [0, 0.1) is 10.1 Å². The van der Waals surface area contributed by atoms with Crippen molar-refractivity contribution >= 4 is 29.7 Å². The van der Waals surface area contributed by atoms with Crippen LogP contribution in [0.1, 0.15) is 20.8 Å². The number of hydrogen-bond acceptors (Lipinski definition) is 10. The lowest BCUT2D eigenvalue weighted by Gasteiger charge is -2.27. The van der Waals surface area contributed by atoms with Gasteiger partial charge in [0.05, 0.1) is 31.7 Å². The molecule has 3 fully saturated rings. The summed E-state index contributed by atoms with van der Waals surface area (Å²) in [5.41, 5.74) is -0.682. The van der Waals surface area contributed by atoms with Crippen LogP contribution in [-0.4, -0.2) is 95.3 Å². The van der Waals surface area contributed by atoms with Crippen LogP contribution in [0.25, 0.3) is 0 Å². The molecule has 0 aromatic heterocycles. The Labute approximate surface area is 182 Å². The van der Waals surface area contributed by atoms with Crippen LogP contribution >= 0.6 is 11.8 Å². The lowest BCUT2D eigenvalue weighted by Crippen LogP contribution is -2.52. The fourth-order valence-corrected chi connectivity index (χ4v) is 4.63. The lowest BCUT2D eigenvalue weighted by molar-refractivity contribution is -0.769. The topological polar surface area (TPSA) is 159 Å². The summed E-state index contributed by atoms with van der Waals surface area (Å²) in [6.07, 6.45) is -2.65. The number of ether oxygens (including phenoxy) is 3. The number of fused-ring (bicyclic) bond motifs is 1. The van der Waals surface area contributed by atoms with Gasteiger partial charge in [0.15, 0.2) is 6.10 Å². The zero-order valence-electron chi connectivity index (χ0n) is 17.4. The molecule has 0 radical (unpaired) electrons. The fraction of sp³-hybridized carbons (Fsp3) is 0.824. The first-order chi connectivity index (χ1) is 14.5. The predicted octanol–water partition coefficient (Wildman–Crippen LogP) is -0.728. The summed E-state index contributed by atoms with van der Waals surface area (Å²) >= 11 is 1.42. The van der Waals surface area contributed by atoms with Crippen molar-refractivity contribution in [2.75, 3.05) is 31.4 Å².